The molecule has 1 aromatic rings. The highest BCUT2D eigenvalue weighted by molar-refractivity contribution is 9.10. The van der Waals surface area contributed by atoms with Gasteiger partial charge in [-0.25, -0.2) is 0 Å². The molecule has 0 saturated carbocycles. The molecule has 15 heavy (non-hydrogen) atoms. The van der Waals surface area contributed by atoms with Gasteiger partial charge in [-0.3, -0.25) is 4.79 Å². The smallest absolute Gasteiger partial charge is 0.265 e. The molecule has 84 valence electrons. The molecule has 0 aromatic carbocycles. The molecule has 0 saturated heterocycles. The van der Waals surface area contributed by atoms with E-state index < -0.39 is 12.7 Å². The zero-order valence-electron chi connectivity index (χ0n) is 8.27. The molecule has 0 spiro atoms. The number of halogens is 1. The van der Waals surface area contributed by atoms with Gasteiger partial charge in [0.2, 0.25) is 0 Å². The Morgan fingerprint density at radius 2 is 2.27 bits per heavy atom. The number of nitrogen functional groups attached to an aromatic ring is 1. The van der Waals surface area contributed by atoms with E-state index in [0.717, 1.165) is 0 Å². The van der Waals surface area contributed by atoms with Crippen molar-refractivity contribution < 1.29 is 10.2 Å². The van der Waals surface area contributed by atoms with Crippen LogP contribution in [-0.2, 0) is 6.54 Å². The van der Waals surface area contributed by atoms with Crippen LogP contribution >= 0.6 is 15.9 Å². The van der Waals surface area contributed by atoms with E-state index in [1.807, 2.05) is 0 Å². The first-order chi connectivity index (χ1) is 6.97. The van der Waals surface area contributed by atoms with Crippen LogP contribution in [0, 0.1) is 6.92 Å². The average molecular weight is 277 g/mol. The molecule has 1 heterocycles. The summed E-state index contributed by atoms with van der Waals surface area (Å²) in [5.74, 6) is 0. The number of hydrogen-bond donors (Lipinski definition) is 3. The van der Waals surface area contributed by atoms with Crippen LogP contribution in [0.1, 0.15) is 5.56 Å². The summed E-state index contributed by atoms with van der Waals surface area (Å²) in [4.78, 5) is 11.7. The molecule has 0 aliphatic heterocycles. The number of aliphatic hydroxyl groups is 2. The van der Waals surface area contributed by atoms with Gasteiger partial charge in [-0.1, -0.05) is 0 Å². The first-order valence-corrected chi connectivity index (χ1v) is 5.20. The van der Waals surface area contributed by atoms with Gasteiger partial charge < -0.3 is 20.5 Å². The minimum absolute atomic E-state index is 0.0262. The number of aliphatic hydroxyl groups excluding tert-OH is 2. The average Bonchev–Trinajstić information content (AvgIpc) is 2.22. The summed E-state index contributed by atoms with van der Waals surface area (Å²) in [7, 11) is 0. The highest BCUT2D eigenvalue weighted by Gasteiger charge is 2.10. The standard InChI is InChI=1S/C9H13BrN2O3/c1-5-7(11)3-12(2-6(14)4-13)9(15)8(5)10/h3,6,13-14H,2,4,11H2,1H3. The fourth-order valence-corrected chi connectivity index (χ4v) is 1.61. The van der Waals surface area contributed by atoms with Crippen LogP contribution in [0.5, 0.6) is 0 Å². The Hall–Kier alpha value is -0.850. The van der Waals surface area contributed by atoms with Crippen molar-refractivity contribution in [2.45, 2.75) is 19.6 Å². The monoisotopic (exact) mass is 276 g/mol. The highest BCUT2D eigenvalue weighted by Crippen LogP contribution is 2.16. The van der Waals surface area contributed by atoms with E-state index in [1.54, 1.807) is 6.92 Å². The van der Waals surface area contributed by atoms with Gasteiger partial charge in [-0.05, 0) is 28.4 Å². The molecule has 1 aromatic heterocycles. The van der Waals surface area contributed by atoms with E-state index in [4.69, 9.17) is 10.8 Å². The van der Waals surface area contributed by atoms with Crippen molar-refractivity contribution in [2.24, 2.45) is 0 Å². The molecule has 1 rings (SSSR count). The molecule has 0 amide bonds. The predicted molar refractivity (Wildman–Crippen MR) is 60.6 cm³/mol. The zero-order valence-corrected chi connectivity index (χ0v) is 9.86. The summed E-state index contributed by atoms with van der Waals surface area (Å²) in [6, 6.07) is 0. The van der Waals surface area contributed by atoms with Gasteiger partial charge in [-0.15, -0.1) is 0 Å². The van der Waals surface area contributed by atoms with Crippen LogP contribution in [-0.4, -0.2) is 27.5 Å². The second kappa shape index (κ2) is 4.78. The molecule has 1 unspecified atom stereocenters. The fraction of sp³-hybridized carbons (Fsp3) is 0.444. The van der Waals surface area contributed by atoms with Crippen molar-refractivity contribution in [2.75, 3.05) is 12.3 Å². The topological polar surface area (TPSA) is 88.5 Å². The molecule has 0 aliphatic rings. The summed E-state index contributed by atoms with van der Waals surface area (Å²) >= 11 is 3.14. The Morgan fingerprint density at radius 3 is 2.80 bits per heavy atom. The van der Waals surface area contributed by atoms with Crippen LogP contribution in [0.15, 0.2) is 15.5 Å². The highest BCUT2D eigenvalue weighted by atomic mass is 79.9. The van der Waals surface area contributed by atoms with Crippen molar-refractivity contribution in [3.8, 4) is 0 Å². The van der Waals surface area contributed by atoms with E-state index >= 15 is 0 Å². The molecule has 1 atom stereocenters. The molecule has 0 aliphatic carbocycles. The number of nitrogens with two attached hydrogens (primary N) is 1. The van der Waals surface area contributed by atoms with E-state index in [1.165, 1.54) is 10.8 Å². The Morgan fingerprint density at radius 1 is 1.67 bits per heavy atom. The Labute approximate surface area is 95.3 Å². The van der Waals surface area contributed by atoms with Crippen LogP contribution in [0.2, 0.25) is 0 Å². The Kier molecular flexibility index (Phi) is 3.90. The quantitative estimate of drug-likeness (QED) is 0.717. The van der Waals surface area contributed by atoms with E-state index in [0.29, 0.717) is 15.7 Å². The maximum absolute atomic E-state index is 11.7. The van der Waals surface area contributed by atoms with Crippen molar-refractivity contribution >= 4 is 21.6 Å². The summed E-state index contributed by atoms with van der Waals surface area (Å²) in [6.45, 7) is 1.36. The van der Waals surface area contributed by atoms with E-state index in [9.17, 15) is 9.90 Å². The Balaban J connectivity index is 3.15. The second-order valence-corrected chi connectivity index (χ2v) is 4.11. The molecule has 5 nitrogen and oxygen atoms in total. The van der Waals surface area contributed by atoms with Gasteiger partial charge in [0.1, 0.15) is 0 Å². The van der Waals surface area contributed by atoms with Crippen molar-refractivity contribution in [3.63, 3.8) is 0 Å². The lowest BCUT2D eigenvalue weighted by molar-refractivity contribution is 0.0803. The summed E-state index contributed by atoms with van der Waals surface area (Å²) in [5.41, 5.74) is 6.54. The van der Waals surface area contributed by atoms with Gasteiger partial charge >= 0.3 is 0 Å². The molecule has 0 fully saturated rings. The number of hydrogen-bond acceptors (Lipinski definition) is 4. The third-order valence-corrected chi connectivity index (χ3v) is 3.06. The van der Waals surface area contributed by atoms with Gasteiger partial charge in [-0.2, -0.15) is 0 Å². The van der Waals surface area contributed by atoms with Crippen molar-refractivity contribution in [1.82, 2.24) is 4.57 Å². The minimum Gasteiger partial charge on any atom is -0.397 e. The normalized spacial score (nSPS) is 12.8. The summed E-state index contributed by atoms with van der Waals surface area (Å²) in [6.07, 6.45) is 0.498. The zero-order chi connectivity index (χ0) is 11.6. The lowest BCUT2D eigenvalue weighted by Crippen LogP contribution is -2.29. The number of aromatic nitrogens is 1. The van der Waals surface area contributed by atoms with Gasteiger partial charge in [0.05, 0.1) is 29.4 Å². The van der Waals surface area contributed by atoms with Crippen LogP contribution in [0.25, 0.3) is 0 Å². The third-order valence-electron chi connectivity index (χ3n) is 2.12. The second-order valence-electron chi connectivity index (χ2n) is 3.32. The summed E-state index contributed by atoms with van der Waals surface area (Å²) < 4.78 is 1.65. The number of nitrogens with zero attached hydrogens (tertiary/aromatic N) is 1. The molecule has 0 bridgehead atoms. The van der Waals surface area contributed by atoms with Crippen molar-refractivity contribution in [3.05, 3.63) is 26.6 Å². The van der Waals surface area contributed by atoms with Crippen LogP contribution in [0.4, 0.5) is 5.69 Å². The SMILES string of the molecule is Cc1c(N)cn(CC(O)CO)c(=O)c1Br. The maximum atomic E-state index is 11.7. The third kappa shape index (κ3) is 2.58. The van der Waals surface area contributed by atoms with Gasteiger partial charge in [0.25, 0.3) is 5.56 Å². The lowest BCUT2D eigenvalue weighted by atomic mass is 10.2. The number of rotatable bonds is 3. The number of pyridine rings is 1. The predicted octanol–water partition coefficient (Wildman–Crippen LogP) is -0.145. The fourth-order valence-electron chi connectivity index (χ4n) is 1.16. The lowest BCUT2D eigenvalue weighted by Gasteiger charge is -2.12. The molecular formula is C9H13BrN2O3. The maximum Gasteiger partial charge on any atom is 0.265 e. The molecule has 4 N–H and O–H groups in total. The first kappa shape index (κ1) is 12.2. The number of anilines is 1. The summed E-state index contributed by atoms with van der Waals surface area (Å²) in [5, 5.41) is 17.9. The minimum atomic E-state index is -0.961. The van der Waals surface area contributed by atoms with Gasteiger partial charge in [0, 0.05) is 6.20 Å². The first-order valence-electron chi connectivity index (χ1n) is 4.41. The van der Waals surface area contributed by atoms with Crippen LogP contribution < -0.4 is 11.3 Å². The van der Waals surface area contributed by atoms with Crippen molar-refractivity contribution in [1.29, 1.82) is 0 Å². The molecule has 0 radical (unpaired) electrons. The molecule has 6 heteroatoms. The van der Waals surface area contributed by atoms with Crippen LogP contribution in [0.3, 0.4) is 0 Å². The molecular weight excluding hydrogens is 264 g/mol. The van der Waals surface area contributed by atoms with E-state index in [2.05, 4.69) is 15.9 Å². The Bertz CT molecular complexity index is 417. The van der Waals surface area contributed by atoms with Gasteiger partial charge in [0.15, 0.2) is 0 Å². The largest absolute Gasteiger partial charge is 0.397 e. The van der Waals surface area contributed by atoms with E-state index in [-0.39, 0.29) is 12.1 Å².